The molecule has 2 aliphatic carbocycles. The quantitative estimate of drug-likeness (QED) is 0.358. The van der Waals surface area contributed by atoms with Gasteiger partial charge in [-0.15, -0.1) is 11.3 Å². The van der Waals surface area contributed by atoms with Crippen LogP contribution in [0.5, 0.6) is 0 Å². The summed E-state index contributed by atoms with van der Waals surface area (Å²) in [5, 5.41) is 13.4. The highest BCUT2D eigenvalue weighted by atomic mass is 32.2. The second-order valence-electron chi connectivity index (χ2n) is 10.6. The lowest BCUT2D eigenvalue weighted by molar-refractivity contribution is 0.280. The van der Waals surface area contributed by atoms with Crippen LogP contribution in [-0.4, -0.2) is 45.1 Å². The topological polar surface area (TPSA) is 90.8 Å². The van der Waals surface area contributed by atoms with E-state index in [1.807, 2.05) is 13.0 Å². The van der Waals surface area contributed by atoms with E-state index in [0.29, 0.717) is 22.6 Å². The molecule has 2 fully saturated rings. The molecule has 3 aliphatic rings. The molecule has 0 bridgehead atoms. The van der Waals surface area contributed by atoms with Gasteiger partial charge in [-0.1, -0.05) is 25.1 Å². The Hall–Kier alpha value is -2.14. The van der Waals surface area contributed by atoms with Crippen LogP contribution in [-0.2, 0) is 16.4 Å². The highest BCUT2D eigenvalue weighted by molar-refractivity contribution is 7.91. The minimum atomic E-state index is -3.39. The molecule has 1 aromatic heterocycles. The lowest BCUT2D eigenvalue weighted by atomic mass is 9.79. The van der Waals surface area contributed by atoms with Crippen LogP contribution in [0.25, 0.3) is 0 Å². The van der Waals surface area contributed by atoms with E-state index < -0.39 is 21.7 Å². The molecule has 2 atom stereocenters. The van der Waals surface area contributed by atoms with Crippen molar-refractivity contribution in [3.8, 4) is 0 Å². The molecule has 0 radical (unpaired) electrons. The first-order valence-corrected chi connectivity index (χ1v) is 16.2. The molecular weight excluding hydrogens is 540 g/mol. The number of aliphatic imine (C=N–C) groups is 1. The van der Waals surface area contributed by atoms with Gasteiger partial charge in [0.2, 0.25) is 10.0 Å². The first-order valence-electron chi connectivity index (χ1n) is 13.9. The number of nitrogens with zero attached hydrogens (tertiary/aromatic N) is 1. The number of sulfonamides is 1. The van der Waals surface area contributed by atoms with Gasteiger partial charge in [0.25, 0.3) is 0 Å². The van der Waals surface area contributed by atoms with Crippen molar-refractivity contribution in [3.05, 3.63) is 64.6 Å². The van der Waals surface area contributed by atoms with Gasteiger partial charge in [-0.05, 0) is 91.5 Å². The summed E-state index contributed by atoms with van der Waals surface area (Å²) >= 11 is 1.23. The third-order valence-electron chi connectivity index (χ3n) is 7.89. The maximum absolute atomic E-state index is 13.8. The number of amidine groups is 1. The van der Waals surface area contributed by atoms with Gasteiger partial charge in [-0.25, -0.2) is 21.9 Å². The molecule has 2 aromatic rings. The van der Waals surface area contributed by atoms with Crippen LogP contribution in [0.3, 0.4) is 0 Å². The van der Waals surface area contributed by atoms with Crippen molar-refractivity contribution in [1.29, 1.82) is 0 Å². The van der Waals surface area contributed by atoms with Gasteiger partial charge in [0.1, 0.15) is 4.21 Å². The number of thiophene rings is 1. The Labute approximate surface area is 234 Å². The summed E-state index contributed by atoms with van der Waals surface area (Å²) in [6.07, 6.45) is 11.2. The van der Waals surface area contributed by atoms with E-state index in [4.69, 9.17) is 10.1 Å². The molecule has 39 heavy (non-hydrogen) atoms. The lowest BCUT2D eigenvalue weighted by Crippen LogP contribution is -2.32. The number of aliphatic hydroxyl groups excluding tert-OH is 1. The average molecular weight is 580 g/mol. The molecular formula is C29H39F2N3O3S2. The van der Waals surface area contributed by atoms with Crippen LogP contribution in [0, 0.1) is 23.5 Å². The molecule has 1 saturated heterocycles. The van der Waals surface area contributed by atoms with Crippen LogP contribution in [0.15, 0.2) is 51.0 Å². The summed E-state index contributed by atoms with van der Waals surface area (Å²) in [5.74, 6) is 0.480. The highest BCUT2D eigenvalue weighted by Gasteiger charge is 2.37. The van der Waals surface area contributed by atoms with Crippen LogP contribution in [0.2, 0.25) is 0 Å². The first-order chi connectivity index (χ1) is 18.8. The lowest BCUT2D eigenvalue weighted by Gasteiger charge is -2.28. The number of fused-ring (bicyclic) bond motifs is 3. The van der Waals surface area contributed by atoms with Crippen molar-refractivity contribution in [2.75, 3.05) is 19.7 Å². The van der Waals surface area contributed by atoms with Gasteiger partial charge in [0.05, 0.1) is 12.4 Å². The molecule has 1 saturated carbocycles. The van der Waals surface area contributed by atoms with Gasteiger partial charge in [-0.3, -0.25) is 4.99 Å². The van der Waals surface area contributed by atoms with Crippen molar-refractivity contribution in [1.82, 2.24) is 10.0 Å². The van der Waals surface area contributed by atoms with Crippen LogP contribution in [0.1, 0.15) is 68.9 Å². The molecule has 10 heteroatoms. The molecule has 1 aliphatic heterocycles. The summed E-state index contributed by atoms with van der Waals surface area (Å²) in [6.45, 7) is 3.46. The Morgan fingerprint density at radius 1 is 1.13 bits per heavy atom. The molecule has 214 valence electrons. The summed E-state index contributed by atoms with van der Waals surface area (Å²) in [4.78, 5) is 4.86. The fourth-order valence-corrected chi connectivity index (χ4v) is 7.88. The Morgan fingerprint density at radius 3 is 2.54 bits per heavy atom. The van der Waals surface area contributed by atoms with E-state index in [0.717, 1.165) is 74.9 Å². The predicted octanol–water partition coefficient (Wildman–Crippen LogP) is 5.55. The minimum Gasteiger partial charge on any atom is -0.392 e. The molecule has 0 amide bonds. The zero-order chi connectivity index (χ0) is 27.8. The van der Waals surface area contributed by atoms with E-state index in [9.17, 15) is 17.2 Å². The number of hydrogen-bond acceptors (Lipinski definition) is 5. The third-order valence-corrected chi connectivity index (χ3v) is 10.7. The molecule has 6 nitrogen and oxygen atoms in total. The second kappa shape index (κ2) is 14.0. The standard InChI is InChI=1S/C24H29F2N3O2S2.C5H10O/c25-20-10-17-7-8-22-19(18(17)11-21(20)26)12-23(29-22)27-13-15-3-5-16(6-4-15)14-28-33(30,31)24-2-1-9-32-24;1-2-3-4-5-6/h1-2,9-11,15-16,19,22,28H,3-8,12-14H2,(H,27,29);3-4,6H,2,5H2,1H3/b;4-3+. The average Bonchev–Trinajstić information content (AvgIpc) is 3.62. The number of halogens is 2. The minimum absolute atomic E-state index is 0.162. The highest BCUT2D eigenvalue weighted by Crippen LogP contribution is 2.39. The number of aliphatic hydroxyl groups is 1. The summed E-state index contributed by atoms with van der Waals surface area (Å²) in [7, 11) is -3.39. The Bertz CT molecular complexity index is 1230. The van der Waals surface area contributed by atoms with E-state index in [1.165, 1.54) is 23.5 Å². The van der Waals surface area contributed by atoms with Crippen molar-refractivity contribution in [3.63, 3.8) is 0 Å². The van der Waals surface area contributed by atoms with Gasteiger partial charge < -0.3 is 10.4 Å². The first kappa shape index (κ1) is 29.8. The van der Waals surface area contributed by atoms with Crippen LogP contribution < -0.4 is 10.0 Å². The van der Waals surface area contributed by atoms with Crippen molar-refractivity contribution < 1.29 is 22.3 Å². The van der Waals surface area contributed by atoms with Crippen molar-refractivity contribution in [2.24, 2.45) is 16.8 Å². The number of hydrogen-bond donors (Lipinski definition) is 3. The molecule has 2 heterocycles. The Kier molecular flexibility index (Phi) is 10.7. The monoisotopic (exact) mass is 579 g/mol. The van der Waals surface area contributed by atoms with Crippen LogP contribution in [0.4, 0.5) is 8.78 Å². The third kappa shape index (κ3) is 7.96. The van der Waals surface area contributed by atoms with Crippen LogP contribution >= 0.6 is 11.3 Å². The van der Waals surface area contributed by atoms with E-state index in [2.05, 4.69) is 10.0 Å². The zero-order valence-corrected chi connectivity index (χ0v) is 24.0. The number of aryl methyl sites for hydroxylation is 1. The van der Waals surface area contributed by atoms with Gasteiger partial charge in [-0.2, -0.15) is 0 Å². The normalized spacial score (nSPS) is 25.6. The summed E-state index contributed by atoms with van der Waals surface area (Å²) in [6, 6.07) is 6.35. The van der Waals surface area contributed by atoms with Gasteiger partial charge in [0.15, 0.2) is 11.6 Å². The molecule has 3 N–H and O–H groups in total. The Morgan fingerprint density at radius 2 is 1.87 bits per heavy atom. The number of rotatable bonds is 8. The number of allylic oxidation sites excluding steroid dienone is 1. The van der Waals surface area contributed by atoms with Crippen molar-refractivity contribution in [2.45, 2.75) is 74.5 Å². The van der Waals surface area contributed by atoms with E-state index >= 15 is 0 Å². The SMILES string of the molecule is CC/C=C/CO.O=S(=O)(NCC1CCC(CN=C2CC3c4cc(F)c(F)cc4CCC3N2)CC1)c1cccs1. The van der Waals surface area contributed by atoms with E-state index in [-0.39, 0.29) is 18.6 Å². The van der Waals surface area contributed by atoms with Gasteiger partial charge in [0, 0.05) is 31.5 Å². The molecule has 0 spiro atoms. The summed E-state index contributed by atoms with van der Waals surface area (Å²) < 4.78 is 55.2. The summed E-state index contributed by atoms with van der Waals surface area (Å²) in [5.41, 5.74) is 1.85. The fraction of sp³-hybridized carbons (Fsp3) is 0.552. The largest absolute Gasteiger partial charge is 0.392 e. The molecule has 1 aromatic carbocycles. The Balaban J connectivity index is 0.000000531. The second-order valence-corrected chi connectivity index (χ2v) is 13.5. The van der Waals surface area contributed by atoms with E-state index in [1.54, 1.807) is 23.6 Å². The number of benzene rings is 1. The molecule has 5 rings (SSSR count). The predicted molar refractivity (Wildman–Crippen MR) is 153 cm³/mol. The number of nitrogens with one attached hydrogen (secondary N) is 2. The van der Waals surface area contributed by atoms with Gasteiger partial charge >= 0.3 is 0 Å². The molecule has 2 unspecified atom stereocenters. The fourth-order valence-electron chi connectivity index (χ4n) is 5.72. The zero-order valence-electron chi connectivity index (χ0n) is 22.4. The smallest absolute Gasteiger partial charge is 0.250 e. The maximum Gasteiger partial charge on any atom is 0.250 e. The maximum atomic E-state index is 13.8. The van der Waals surface area contributed by atoms with Crippen molar-refractivity contribution >= 4 is 27.2 Å².